The second kappa shape index (κ2) is 3.00. The minimum Gasteiger partial charge on any atom is -0.493 e. The number of aromatic nitrogens is 1. The molecule has 0 aliphatic rings. The summed E-state index contributed by atoms with van der Waals surface area (Å²) in [5.74, 6) is 4.44. The van der Waals surface area contributed by atoms with E-state index in [-0.39, 0.29) is 10.2 Å². The van der Waals surface area contributed by atoms with Crippen LogP contribution in [0, 0.1) is 6.92 Å². The Labute approximate surface area is 79.1 Å². The summed E-state index contributed by atoms with van der Waals surface area (Å²) in [6, 6.07) is 0.963. The molecule has 1 aromatic rings. The van der Waals surface area contributed by atoms with Gasteiger partial charge in [-0.15, -0.1) is 0 Å². The normalized spacial score (nSPS) is 11.6. The van der Waals surface area contributed by atoms with Gasteiger partial charge >= 0.3 is 0 Å². The van der Waals surface area contributed by atoms with Crippen LogP contribution in [0.4, 0.5) is 0 Å². The number of nitrogens with zero attached hydrogens (tertiary/aromatic N) is 1. The van der Waals surface area contributed by atoms with Crippen molar-refractivity contribution < 1.29 is 18.1 Å². The first-order valence-electron chi connectivity index (χ1n) is 3.43. The van der Waals surface area contributed by atoms with Crippen LogP contribution in [0.5, 0.6) is 5.88 Å². The van der Waals surface area contributed by atoms with Gasteiger partial charge in [0.15, 0.2) is 4.90 Å². The lowest BCUT2D eigenvalue weighted by Crippen LogP contribution is -2.31. The van der Waals surface area contributed by atoms with Crippen molar-refractivity contribution in [3.63, 3.8) is 0 Å². The number of hydrogen-bond acceptors (Lipinski definition) is 5. The lowest BCUT2D eigenvalue weighted by atomic mass is 10.3. The molecule has 0 saturated heterocycles. The number of nitrogens with two attached hydrogens (primary N) is 1. The van der Waals surface area contributed by atoms with Gasteiger partial charge in [-0.3, -0.25) is 9.35 Å². The number of pyridine rings is 1. The molecule has 0 spiro atoms. The zero-order chi connectivity index (χ0) is 11.1. The Morgan fingerprint density at radius 2 is 2.00 bits per heavy atom. The monoisotopic (exact) mass is 220 g/mol. The van der Waals surface area contributed by atoms with E-state index in [1.165, 1.54) is 6.92 Å². The second-order valence-corrected chi connectivity index (χ2v) is 4.02. The Kier molecular flexibility index (Phi) is 2.26. The van der Waals surface area contributed by atoms with Gasteiger partial charge < -0.3 is 10.9 Å². The Balaban J connectivity index is 3.80. The van der Waals surface area contributed by atoms with Gasteiger partial charge in [0.25, 0.3) is 15.7 Å². The van der Waals surface area contributed by atoms with Crippen molar-refractivity contribution in [1.29, 1.82) is 0 Å². The topological polar surface area (TPSA) is 123 Å². The maximum atomic E-state index is 11.2. The molecule has 78 valence electrons. The van der Waals surface area contributed by atoms with Crippen molar-refractivity contribution in [2.24, 2.45) is 0 Å². The van der Waals surface area contributed by atoms with E-state index in [2.05, 4.69) is 0 Å². The molecule has 0 atom stereocenters. The quantitative estimate of drug-likeness (QED) is 0.404. The third kappa shape index (κ3) is 1.56. The van der Waals surface area contributed by atoms with Gasteiger partial charge in [0.1, 0.15) is 0 Å². The molecule has 0 bridgehead atoms. The number of aryl methyl sites for hydroxylation is 1. The Bertz CT molecular complexity index is 530. The lowest BCUT2D eigenvalue weighted by Gasteiger charge is -2.06. The summed E-state index contributed by atoms with van der Waals surface area (Å²) in [7, 11) is -4.63. The molecular weight excluding hydrogens is 212 g/mol. The molecular formula is C6H8N2O5S. The molecule has 0 saturated carbocycles. The number of nitrogen functional groups attached to an aromatic ring is 1. The van der Waals surface area contributed by atoms with E-state index in [0.717, 1.165) is 6.07 Å². The van der Waals surface area contributed by atoms with Gasteiger partial charge in [0.2, 0.25) is 5.88 Å². The molecule has 0 fully saturated rings. The van der Waals surface area contributed by atoms with Gasteiger partial charge in [0, 0.05) is 6.07 Å². The number of hydrogen-bond donors (Lipinski definition) is 3. The van der Waals surface area contributed by atoms with Crippen molar-refractivity contribution >= 4 is 10.1 Å². The summed E-state index contributed by atoms with van der Waals surface area (Å²) in [6.45, 7) is 1.25. The van der Waals surface area contributed by atoms with Crippen LogP contribution in [-0.2, 0) is 10.1 Å². The molecule has 8 heteroatoms. The summed E-state index contributed by atoms with van der Waals surface area (Å²) in [4.78, 5) is 10.4. The van der Waals surface area contributed by atoms with Crippen LogP contribution in [0.2, 0.25) is 0 Å². The SMILES string of the molecule is Cc1cc(O)n(N)c(=O)c1S(=O)(=O)O. The van der Waals surface area contributed by atoms with Crippen molar-refractivity contribution in [3.8, 4) is 5.88 Å². The minimum absolute atomic E-state index is 0.0725. The fourth-order valence-electron chi connectivity index (χ4n) is 1.02. The van der Waals surface area contributed by atoms with Gasteiger partial charge in [-0.05, 0) is 12.5 Å². The first kappa shape index (κ1) is 10.5. The highest BCUT2D eigenvalue weighted by Gasteiger charge is 2.21. The molecule has 1 heterocycles. The van der Waals surface area contributed by atoms with E-state index < -0.39 is 26.5 Å². The summed E-state index contributed by atoms with van der Waals surface area (Å²) >= 11 is 0. The molecule has 0 aliphatic heterocycles. The van der Waals surface area contributed by atoms with E-state index in [9.17, 15) is 13.2 Å². The van der Waals surface area contributed by atoms with Crippen LogP contribution in [0.3, 0.4) is 0 Å². The molecule has 0 radical (unpaired) electrons. The first-order valence-corrected chi connectivity index (χ1v) is 4.87. The number of rotatable bonds is 1. The van der Waals surface area contributed by atoms with Gasteiger partial charge in [0.05, 0.1) is 0 Å². The van der Waals surface area contributed by atoms with Gasteiger partial charge in [-0.2, -0.15) is 13.1 Å². The van der Waals surface area contributed by atoms with E-state index >= 15 is 0 Å². The Hall–Kier alpha value is -1.54. The number of aromatic hydroxyl groups is 1. The Morgan fingerprint density at radius 3 is 2.43 bits per heavy atom. The fraction of sp³-hybridized carbons (Fsp3) is 0.167. The van der Waals surface area contributed by atoms with Crippen LogP contribution in [0.25, 0.3) is 0 Å². The first-order chi connectivity index (χ1) is 6.25. The molecule has 0 aliphatic carbocycles. The van der Waals surface area contributed by atoms with E-state index in [1.54, 1.807) is 0 Å². The van der Waals surface area contributed by atoms with Crippen molar-refractivity contribution in [2.45, 2.75) is 11.8 Å². The molecule has 0 aromatic carbocycles. The van der Waals surface area contributed by atoms with E-state index in [4.69, 9.17) is 15.5 Å². The highest BCUT2D eigenvalue weighted by atomic mass is 32.2. The molecule has 1 aromatic heterocycles. The predicted octanol–water partition coefficient (Wildman–Crippen LogP) is -1.18. The van der Waals surface area contributed by atoms with Crippen LogP contribution in [-0.4, -0.2) is 22.8 Å². The maximum absolute atomic E-state index is 11.2. The zero-order valence-corrected chi connectivity index (χ0v) is 7.95. The average Bonchev–Trinajstić information content (AvgIpc) is 1.97. The highest BCUT2D eigenvalue weighted by molar-refractivity contribution is 7.85. The maximum Gasteiger partial charge on any atom is 0.300 e. The molecule has 0 amide bonds. The molecule has 14 heavy (non-hydrogen) atoms. The highest BCUT2D eigenvalue weighted by Crippen LogP contribution is 2.13. The van der Waals surface area contributed by atoms with Crippen LogP contribution in [0.1, 0.15) is 5.56 Å². The summed E-state index contributed by atoms with van der Waals surface area (Å²) in [6.07, 6.45) is 0. The third-order valence-electron chi connectivity index (χ3n) is 1.62. The standard InChI is InChI=1S/C6H8N2O5S/c1-3-2-4(9)8(7)6(10)5(3)14(11,12)13/h2,9H,7H2,1H3,(H,11,12,13). The van der Waals surface area contributed by atoms with Crippen LogP contribution in [0.15, 0.2) is 15.8 Å². The summed E-state index contributed by atoms with van der Waals surface area (Å²) in [5, 5.41) is 9.03. The van der Waals surface area contributed by atoms with E-state index in [1.807, 2.05) is 0 Å². The molecule has 7 nitrogen and oxygen atoms in total. The van der Waals surface area contributed by atoms with Crippen LogP contribution < -0.4 is 11.4 Å². The largest absolute Gasteiger partial charge is 0.493 e. The molecule has 4 N–H and O–H groups in total. The molecule has 1 rings (SSSR count). The van der Waals surface area contributed by atoms with Crippen molar-refractivity contribution in [2.75, 3.05) is 5.84 Å². The smallest absolute Gasteiger partial charge is 0.300 e. The summed E-state index contributed by atoms with van der Waals surface area (Å²) in [5.41, 5.74) is -1.25. The average molecular weight is 220 g/mol. The van der Waals surface area contributed by atoms with Gasteiger partial charge in [-0.25, -0.2) is 0 Å². The second-order valence-electron chi connectivity index (χ2n) is 2.66. The Morgan fingerprint density at radius 1 is 1.50 bits per heavy atom. The summed E-state index contributed by atoms with van der Waals surface area (Å²) < 4.78 is 30.4. The fourth-order valence-corrected chi connectivity index (χ4v) is 1.81. The zero-order valence-electron chi connectivity index (χ0n) is 7.13. The lowest BCUT2D eigenvalue weighted by molar-refractivity contribution is 0.425. The van der Waals surface area contributed by atoms with Gasteiger partial charge in [-0.1, -0.05) is 0 Å². The molecule has 0 unspecified atom stereocenters. The van der Waals surface area contributed by atoms with Crippen molar-refractivity contribution in [3.05, 3.63) is 22.0 Å². The van der Waals surface area contributed by atoms with Crippen molar-refractivity contribution in [1.82, 2.24) is 4.68 Å². The minimum atomic E-state index is -4.63. The van der Waals surface area contributed by atoms with E-state index in [0.29, 0.717) is 0 Å². The third-order valence-corrected chi connectivity index (χ3v) is 2.63. The van der Waals surface area contributed by atoms with Crippen LogP contribution >= 0.6 is 0 Å². The predicted molar refractivity (Wildman–Crippen MR) is 47.1 cm³/mol.